The minimum atomic E-state index is -0.242. The molecule has 82 valence electrons. The molecule has 0 aromatic heterocycles. The van der Waals surface area contributed by atoms with Crippen molar-refractivity contribution in [2.24, 2.45) is 0 Å². The van der Waals surface area contributed by atoms with Crippen LogP contribution in [0.15, 0.2) is 6.07 Å². The second kappa shape index (κ2) is 3.05. The fourth-order valence-electron chi connectivity index (χ4n) is 1.85. The van der Waals surface area contributed by atoms with Crippen molar-refractivity contribution in [3.63, 3.8) is 0 Å². The van der Waals surface area contributed by atoms with E-state index in [-0.39, 0.29) is 17.1 Å². The number of hydrogen-bond acceptors (Lipinski definition) is 3. The number of phenolic OH excluding ortho intramolecular Hbond substituents is 2. The van der Waals surface area contributed by atoms with Crippen LogP contribution in [0.2, 0.25) is 0 Å². The molecule has 0 saturated carbocycles. The van der Waals surface area contributed by atoms with Crippen molar-refractivity contribution < 1.29 is 14.9 Å². The van der Waals surface area contributed by atoms with Gasteiger partial charge in [0.25, 0.3) is 0 Å². The Morgan fingerprint density at radius 2 is 2.00 bits per heavy atom. The second-order valence-corrected chi connectivity index (χ2v) is 4.72. The van der Waals surface area contributed by atoms with E-state index in [0.717, 1.165) is 18.4 Å². The Hall–Kier alpha value is -1.38. The highest BCUT2D eigenvalue weighted by atomic mass is 16.5. The summed E-state index contributed by atoms with van der Waals surface area (Å²) in [6, 6.07) is 1.68. The zero-order valence-corrected chi connectivity index (χ0v) is 9.29. The number of fused-ring (bicyclic) bond motifs is 1. The van der Waals surface area contributed by atoms with Crippen molar-refractivity contribution in [1.29, 1.82) is 0 Å². The van der Waals surface area contributed by atoms with Crippen LogP contribution in [-0.2, 0) is 6.42 Å². The molecule has 0 spiro atoms. The highest BCUT2D eigenvalue weighted by molar-refractivity contribution is 5.57. The lowest BCUT2D eigenvalue weighted by atomic mass is 9.93. The van der Waals surface area contributed by atoms with Crippen LogP contribution < -0.4 is 4.74 Å². The molecule has 0 radical (unpaired) electrons. The zero-order valence-electron chi connectivity index (χ0n) is 9.29. The fraction of sp³-hybridized carbons (Fsp3) is 0.500. The average molecular weight is 208 g/mol. The molecular weight excluding hydrogens is 192 g/mol. The van der Waals surface area contributed by atoms with Gasteiger partial charge in [-0.2, -0.15) is 0 Å². The number of phenols is 2. The largest absolute Gasteiger partial charge is 0.508 e. The summed E-state index contributed by atoms with van der Waals surface area (Å²) in [6.07, 6.45) is 1.71. The predicted molar refractivity (Wildman–Crippen MR) is 57.5 cm³/mol. The van der Waals surface area contributed by atoms with Gasteiger partial charge in [0.2, 0.25) is 0 Å². The number of aromatic hydroxyl groups is 2. The first-order valence-electron chi connectivity index (χ1n) is 5.14. The van der Waals surface area contributed by atoms with E-state index in [1.54, 1.807) is 13.0 Å². The van der Waals surface area contributed by atoms with E-state index in [4.69, 9.17) is 4.74 Å². The van der Waals surface area contributed by atoms with Gasteiger partial charge in [-0.25, -0.2) is 0 Å². The van der Waals surface area contributed by atoms with Crippen molar-refractivity contribution in [1.82, 2.24) is 0 Å². The van der Waals surface area contributed by atoms with Gasteiger partial charge >= 0.3 is 0 Å². The van der Waals surface area contributed by atoms with Crippen LogP contribution in [-0.4, -0.2) is 15.8 Å². The number of benzene rings is 1. The molecule has 15 heavy (non-hydrogen) atoms. The maximum atomic E-state index is 9.87. The van der Waals surface area contributed by atoms with Gasteiger partial charge in [-0.3, -0.25) is 0 Å². The van der Waals surface area contributed by atoms with Crippen molar-refractivity contribution in [2.75, 3.05) is 0 Å². The summed E-state index contributed by atoms with van der Waals surface area (Å²) in [5.74, 6) is 0.730. The van der Waals surface area contributed by atoms with E-state index in [2.05, 4.69) is 0 Å². The van der Waals surface area contributed by atoms with E-state index >= 15 is 0 Å². The SMILES string of the molecule is Cc1c(O)cc2c(c1O)OC(C)(C)CC2. The number of rotatable bonds is 0. The monoisotopic (exact) mass is 208 g/mol. The third kappa shape index (κ3) is 1.62. The molecule has 3 nitrogen and oxygen atoms in total. The highest BCUT2D eigenvalue weighted by Crippen LogP contribution is 2.44. The smallest absolute Gasteiger partial charge is 0.165 e. The Morgan fingerprint density at radius 1 is 1.33 bits per heavy atom. The van der Waals surface area contributed by atoms with Crippen LogP contribution in [0.3, 0.4) is 0 Å². The van der Waals surface area contributed by atoms with Crippen molar-refractivity contribution in [3.05, 3.63) is 17.2 Å². The summed E-state index contributed by atoms with van der Waals surface area (Å²) >= 11 is 0. The van der Waals surface area contributed by atoms with E-state index in [9.17, 15) is 10.2 Å². The molecule has 2 N–H and O–H groups in total. The molecule has 0 amide bonds. The Bertz CT molecular complexity index is 408. The Balaban J connectivity index is 2.55. The van der Waals surface area contributed by atoms with Crippen molar-refractivity contribution in [3.8, 4) is 17.2 Å². The molecule has 1 aliphatic heterocycles. The van der Waals surface area contributed by atoms with Gasteiger partial charge in [-0.15, -0.1) is 0 Å². The topological polar surface area (TPSA) is 49.7 Å². The van der Waals surface area contributed by atoms with Gasteiger partial charge in [0.1, 0.15) is 11.4 Å². The first-order chi connectivity index (χ1) is 6.91. The molecule has 2 rings (SSSR count). The number of hydrogen-bond donors (Lipinski definition) is 2. The molecule has 0 aliphatic carbocycles. The van der Waals surface area contributed by atoms with E-state index in [1.807, 2.05) is 13.8 Å². The lowest BCUT2D eigenvalue weighted by molar-refractivity contribution is 0.0802. The molecule has 1 aliphatic rings. The van der Waals surface area contributed by atoms with Gasteiger partial charge in [0.15, 0.2) is 11.5 Å². The van der Waals surface area contributed by atoms with Crippen LogP contribution in [0.25, 0.3) is 0 Å². The molecule has 0 unspecified atom stereocenters. The first-order valence-corrected chi connectivity index (χ1v) is 5.14. The van der Waals surface area contributed by atoms with Crippen molar-refractivity contribution in [2.45, 2.75) is 39.2 Å². The van der Waals surface area contributed by atoms with Crippen LogP contribution in [0.1, 0.15) is 31.4 Å². The fourth-order valence-corrected chi connectivity index (χ4v) is 1.85. The molecule has 0 atom stereocenters. The Labute approximate surface area is 89.3 Å². The Kier molecular flexibility index (Phi) is 2.07. The predicted octanol–water partition coefficient (Wildman–Crippen LogP) is 2.51. The molecule has 1 aromatic rings. The van der Waals surface area contributed by atoms with Crippen LogP contribution in [0.4, 0.5) is 0 Å². The van der Waals surface area contributed by atoms with Gasteiger partial charge in [0.05, 0.1) is 0 Å². The van der Waals surface area contributed by atoms with Gasteiger partial charge < -0.3 is 14.9 Å². The number of ether oxygens (including phenoxy) is 1. The molecule has 0 saturated heterocycles. The summed E-state index contributed by atoms with van der Waals surface area (Å²) in [5, 5.41) is 19.4. The minimum absolute atomic E-state index is 0.0674. The molecular formula is C12H16O3. The van der Waals surface area contributed by atoms with Gasteiger partial charge in [-0.05, 0) is 39.7 Å². The Morgan fingerprint density at radius 3 is 2.67 bits per heavy atom. The van der Waals surface area contributed by atoms with E-state index < -0.39 is 0 Å². The summed E-state index contributed by atoms with van der Waals surface area (Å²) < 4.78 is 5.72. The number of aryl methyl sites for hydroxylation is 1. The normalized spacial score (nSPS) is 18.1. The third-order valence-electron chi connectivity index (χ3n) is 2.93. The molecule has 1 aromatic carbocycles. The summed E-state index contributed by atoms with van der Waals surface area (Å²) in [7, 11) is 0. The van der Waals surface area contributed by atoms with Crippen molar-refractivity contribution >= 4 is 0 Å². The van der Waals surface area contributed by atoms with Crippen LogP contribution in [0, 0.1) is 6.92 Å². The molecule has 1 heterocycles. The quantitative estimate of drug-likeness (QED) is 0.688. The lowest BCUT2D eigenvalue weighted by Gasteiger charge is -2.33. The average Bonchev–Trinajstić information content (AvgIpc) is 2.16. The molecule has 0 bridgehead atoms. The lowest BCUT2D eigenvalue weighted by Crippen LogP contribution is -2.32. The summed E-state index contributed by atoms with van der Waals surface area (Å²) in [4.78, 5) is 0. The maximum Gasteiger partial charge on any atom is 0.165 e. The van der Waals surface area contributed by atoms with E-state index in [0.29, 0.717) is 11.3 Å². The first kappa shape index (κ1) is 10.1. The molecule has 0 fully saturated rings. The second-order valence-electron chi connectivity index (χ2n) is 4.72. The minimum Gasteiger partial charge on any atom is -0.508 e. The summed E-state index contributed by atoms with van der Waals surface area (Å²) in [6.45, 7) is 5.67. The van der Waals surface area contributed by atoms with Crippen LogP contribution in [0.5, 0.6) is 17.2 Å². The van der Waals surface area contributed by atoms with E-state index in [1.165, 1.54) is 0 Å². The third-order valence-corrected chi connectivity index (χ3v) is 2.93. The van der Waals surface area contributed by atoms with Crippen LogP contribution >= 0.6 is 0 Å². The van der Waals surface area contributed by atoms with Gasteiger partial charge in [0, 0.05) is 11.1 Å². The highest BCUT2D eigenvalue weighted by Gasteiger charge is 2.29. The standard InChI is InChI=1S/C12H16O3/c1-7-9(13)6-8-4-5-12(2,3)15-11(8)10(7)14/h6,13-14H,4-5H2,1-3H3. The zero-order chi connectivity index (χ0) is 11.2. The van der Waals surface area contributed by atoms with Gasteiger partial charge in [-0.1, -0.05) is 0 Å². The molecule has 3 heteroatoms. The summed E-state index contributed by atoms with van der Waals surface area (Å²) in [5.41, 5.74) is 1.12. The maximum absolute atomic E-state index is 9.87.